The summed E-state index contributed by atoms with van der Waals surface area (Å²) < 4.78 is 0. The second-order valence-electron chi connectivity index (χ2n) is 6.65. The number of benzene rings is 1. The van der Waals surface area contributed by atoms with Gasteiger partial charge in [0.25, 0.3) is 5.91 Å². The molecule has 0 radical (unpaired) electrons. The van der Waals surface area contributed by atoms with Gasteiger partial charge in [-0.3, -0.25) is 9.59 Å². The zero-order valence-corrected chi connectivity index (χ0v) is 14.5. The van der Waals surface area contributed by atoms with Gasteiger partial charge in [-0.1, -0.05) is 12.1 Å². The molecule has 7 heteroatoms. The zero-order valence-electron chi connectivity index (χ0n) is 14.5. The second-order valence-corrected chi connectivity index (χ2v) is 6.65. The molecule has 136 valence electrons. The van der Waals surface area contributed by atoms with Gasteiger partial charge < -0.3 is 15.6 Å². The van der Waals surface area contributed by atoms with Crippen molar-refractivity contribution in [3.05, 3.63) is 52.7 Å². The molecule has 0 unspecified atom stereocenters. The monoisotopic (exact) mass is 354 g/mol. The predicted molar refractivity (Wildman–Crippen MR) is 97.3 cm³/mol. The molecule has 26 heavy (non-hydrogen) atoms. The Morgan fingerprint density at radius 2 is 2.00 bits per heavy atom. The average Bonchev–Trinajstić information content (AvgIpc) is 2.67. The van der Waals surface area contributed by atoms with E-state index in [9.17, 15) is 14.4 Å². The molecule has 3 rings (SSSR count). The van der Waals surface area contributed by atoms with Crippen molar-refractivity contribution in [3.63, 3.8) is 0 Å². The van der Waals surface area contributed by atoms with Crippen LogP contribution in [0.4, 0.5) is 0 Å². The second kappa shape index (κ2) is 7.95. The van der Waals surface area contributed by atoms with E-state index in [1.54, 1.807) is 18.3 Å². The molecule has 1 aliphatic heterocycles. The van der Waals surface area contributed by atoms with Crippen molar-refractivity contribution in [1.29, 1.82) is 0 Å². The predicted octanol–water partition coefficient (Wildman–Crippen LogP) is 1.55. The van der Waals surface area contributed by atoms with Crippen LogP contribution in [0.1, 0.15) is 36.0 Å². The number of hydrogen-bond acceptors (Lipinski definition) is 4. The molecule has 2 amide bonds. The summed E-state index contributed by atoms with van der Waals surface area (Å²) in [7, 11) is 0. The molecule has 1 aromatic carbocycles. The first kappa shape index (κ1) is 17.8. The van der Waals surface area contributed by atoms with Crippen LogP contribution in [0, 0.1) is 5.92 Å². The minimum Gasteiger partial charge on any atom is -0.370 e. The molecule has 7 nitrogen and oxygen atoms in total. The fraction of sp³-hybridized carbons (Fsp3) is 0.368. The fourth-order valence-electron chi connectivity index (χ4n) is 3.32. The van der Waals surface area contributed by atoms with Crippen molar-refractivity contribution < 1.29 is 9.59 Å². The van der Waals surface area contributed by atoms with Crippen LogP contribution in [0.5, 0.6) is 0 Å². The highest BCUT2D eigenvalue weighted by molar-refractivity contribution is 5.94. The van der Waals surface area contributed by atoms with Crippen molar-refractivity contribution in [2.24, 2.45) is 11.7 Å². The van der Waals surface area contributed by atoms with E-state index in [2.05, 4.69) is 9.97 Å². The Morgan fingerprint density at radius 1 is 1.23 bits per heavy atom. The molecule has 1 aliphatic rings. The molecule has 3 N–H and O–H groups in total. The number of carbonyl (C=O) groups is 2. The van der Waals surface area contributed by atoms with Crippen molar-refractivity contribution in [3.8, 4) is 11.1 Å². The summed E-state index contributed by atoms with van der Waals surface area (Å²) in [6.07, 6.45) is 6.17. The number of primary amides is 1. The maximum Gasteiger partial charge on any atom is 0.344 e. The standard InChI is InChI=1S/C19H22N4O3/c20-17(24)8-3-13-2-1-9-23(12-13)18(25)15-6-4-14(5-7-15)16-10-21-19(26)22-11-16/h4-7,10-11,13H,1-3,8-9,12H2,(H2,20,24)(H,21,22,26)/t13-/m1/s1. The Labute approximate surface area is 151 Å². The largest absolute Gasteiger partial charge is 0.370 e. The van der Waals surface area contributed by atoms with Gasteiger partial charge in [-0.2, -0.15) is 0 Å². The zero-order chi connectivity index (χ0) is 18.5. The number of amides is 2. The fourth-order valence-corrected chi connectivity index (χ4v) is 3.32. The number of piperidine rings is 1. The average molecular weight is 354 g/mol. The number of rotatable bonds is 5. The summed E-state index contributed by atoms with van der Waals surface area (Å²) in [4.78, 5) is 42.8. The van der Waals surface area contributed by atoms with E-state index in [4.69, 9.17) is 5.73 Å². The van der Waals surface area contributed by atoms with Crippen LogP contribution in [0.25, 0.3) is 11.1 Å². The lowest BCUT2D eigenvalue weighted by Crippen LogP contribution is -2.40. The lowest BCUT2D eigenvalue weighted by atomic mass is 9.93. The Morgan fingerprint density at radius 3 is 2.65 bits per heavy atom. The third-order valence-corrected chi connectivity index (χ3v) is 4.74. The third kappa shape index (κ3) is 4.36. The maximum absolute atomic E-state index is 12.8. The van der Waals surface area contributed by atoms with E-state index in [-0.39, 0.29) is 11.8 Å². The highest BCUT2D eigenvalue weighted by atomic mass is 16.2. The van der Waals surface area contributed by atoms with Crippen LogP contribution in [0.3, 0.4) is 0 Å². The first-order chi connectivity index (χ1) is 12.5. The quantitative estimate of drug-likeness (QED) is 0.849. The number of likely N-dealkylation sites (tertiary alicyclic amines) is 1. The minimum atomic E-state index is -0.392. The van der Waals surface area contributed by atoms with Crippen molar-refractivity contribution in [1.82, 2.24) is 14.9 Å². The smallest absolute Gasteiger partial charge is 0.344 e. The number of aromatic amines is 1. The highest BCUT2D eigenvalue weighted by Gasteiger charge is 2.24. The molecule has 0 spiro atoms. The van der Waals surface area contributed by atoms with Gasteiger partial charge in [-0.15, -0.1) is 0 Å². The number of hydrogen-bond donors (Lipinski definition) is 2. The normalized spacial score (nSPS) is 17.1. The Kier molecular flexibility index (Phi) is 5.46. The number of nitrogens with two attached hydrogens (primary N) is 1. The van der Waals surface area contributed by atoms with Crippen LogP contribution in [0.2, 0.25) is 0 Å². The van der Waals surface area contributed by atoms with E-state index in [1.807, 2.05) is 17.0 Å². The van der Waals surface area contributed by atoms with Crippen LogP contribution in [-0.4, -0.2) is 39.8 Å². The first-order valence-electron chi connectivity index (χ1n) is 8.75. The summed E-state index contributed by atoms with van der Waals surface area (Å²) >= 11 is 0. The molecular formula is C19H22N4O3. The van der Waals surface area contributed by atoms with E-state index in [0.29, 0.717) is 24.4 Å². The molecule has 1 saturated heterocycles. The van der Waals surface area contributed by atoms with Crippen molar-refractivity contribution in [2.45, 2.75) is 25.7 Å². The summed E-state index contributed by atoms with van der Waals surface area (Å²) in [5.74, 6) is 0.0346. The topological polar surface area (TPSA) is 109 Å². The van der Waals surface area contributed by atoms with Gasteiger partial charge in [0, 0.05) is 43.0 Å². The molecule has 1 aromatic heterocycles. The minimum absolute atomic E-state index is 0.0000753. The van der Waals surface area contributed by atoms with Gasteiger partial charge in [0.15, 0.2) is 0 Å². The lowest BCUT2D eigenvalue weighted by Gasteiger charge is -2.32. The Hall–Kier alpha value is -2.96. The van der Waals surface area contributed by atoms with Gasteiger partial charge in [0.2, 0.25) is 5.91 Å². The van der Waals surface area contributed by atoms with Gasteiger partial charge in [-0.25, -0.2) is 9.78 Å². The van der Waals surface area contributed by atoms with Crippen LogP contribution < -0.4 is 11.4 Å². The highest BCUT2D eigenvalue weighted by Crippen LogP contribution is 2.23. The molecule has 0 saturated carbocycles. The molecule has 0 bridgehead atoms. The number of H-pyrrole nitrogens is 1. The van der Waals surface area contributed by atoms with Gasteiger partial charge in [0.05, 0.1) is 0 Å². The number of nitrogens with zero attached hydrogens (tertiary/aromatic N) is 2. The molecule has 2 aromatic rings. The van der Waals surface area contributed by atoms with E-state index in [1.165, 1.54) is 6.20 Å². The van der Waals surface area contributed by atoms with Crippen molar-refractivity contribution >= 4 is 11.8 Å². The van der Waals surface area contributed by atoms with Crippen LogP contribution in [-0.2, 0) is 4.79 Å². The van der Waals surface area contributed by atoms with E-state index < -0.39 is 5.69 Å². The van der Waals surface area contributed by atoms with Crippen LogP contribution >= 0.6 is 0 Å². The molecule has 1 fully saturated rings. The SMILES string of the molecule is NC(=O)CC[C@H]1CCCN(C(=O)c2ccc(-c3cnc(=O)[nH]c3)cc2)C1. The summed E-state index contributed by atoms with van der Waals surface area (Å²) in [5.41, 5.74) is 7.12. The Bertz CT molecular complexity index is 824. The van der Waals surface area contributed by atoms with Crippen molar-refractivity contribution in [2.75, 3.05) is 13.1 Å². The number of nitrogens with one attached hydrogen (secondary N) is 1. The Balaban J connectivity index is 1.66. The van der Waals surface area contributed by atoms with E-state index in [0.717, 1.165) is 36.9 Å². The number of carbonyl (C=O) groups excluding carboxylic acids is 2. The molecule has 0 aliphatic carbocycles. The maximum atomic E-state index is 12.8. The van der Waals surface area contributed by atoms with Gasteiger partial charge in [0.1, 0.15) is 0 Å². The summed E-state index contributed by atoms with van der Waals surface area (Å²) in [5, 5.41) is 0. The van der Waals surface area contributed by atoms with Gasteiger partial charge in [-0.05, 0) is 42.9 Å². The summed E-state index contributed by atoms with van der Waals surface area (Å²) in [6, 6.07) is 7.26. The number of aromatic nitrogens is 2. The van der Waals surface area contributed by atoms with E-state index >= 15 is 0 Å². The first-order valence-corrected chi connectivity index (χ1v) is 8.75. The summed E-state index contributed by atoms with van der Waals surface area (Å²) in [6.45, 7) is 1.40. The van der Waals surface area contributed by atoms with Crippen LogP contribution in [0.15, 0.2) is 41.5 Å². The van der Waals surface area contributed by atoms with Gasteiger partial charge >= 0.3 is 5.69 Å². The molecular weight excluding hydrogens is 332 g/mol. The third-order valence-electron chi connectivity index (χ3n) is 4.74. The molecule has 2 heterocycles. The lowest BCUT2D eigenvalue weighted by molar-refractivity contribution is -0.118. The molecule has 1 atom stereocenters.